The van der Waals surface area contributed by atoms with Crippen molar-refractivity contribution in [3.05, 3.63) is 51.3 Å². The molecule has 0 aliphatic heterocycles. The highest BCUT2D eigenvalue weighted by molar-refractivity contribution is 7.98. The zero-order valence-corrected chi connectivity index (χ0v) is 15.2. The Kier molecular flexibility index (Phi) is 4.80. The summed E-state index contributed by atoms with van der Waals surface area (Å²) < 4.78 is 8.22. The lowest BCUT2D eigenvalue weighted by Crippen LogP contribution is -2.17. The third-order valence-electron chi connectivity index (χ3n) is 3.68. The summed E-state index contributed by atoms with van der Waals surface area (Å²) >= 11 is 1.30. The Labute approximate surface area is 153 Å². The van der Waals surface area contributed by atoms with Crippen LogP contribution in [0, 0.1) is 24.0 Å². The van der Waals surface area contributed by atoms with E-state index in [9.17, 15) is 10.1 Å². The van der Waals surface area contributed by atoms with Gasteiger partial charge in [-0.15, -0.1) is 10.2 Å². The van der Waals surface area contributed by atoms with Gasteiger partial charge in [-0.1, -0.05) is 11.8 Å². The highest BCUT2D eigenvalue weighted by Gasteiger charge is 2.17. The number of nitrogens with zero attached hydrogens (tertiary/aromatic N) is 6. The van der Waals surface area contributed by atoms with Crippen molar-refractivity contribution in [1.29, 1.82) is 0 Å². The van der Waals surface area contributed by atoms with Gasteiger partial charge in [0, 0.05) is 29.1 Å². The number of methoxy groups -OCH3 is 1. The SMILES string of the molecule is COc1ccc([N+](=O)[O-])cc1CSc1nnc(-n2nc(C)cc2C)n1N. The Morgan fingerprint density at radius 1 is 1.31 bits per heavy atom. The quantitative estimate of drug-likeness (QED) is 0.300. The Hall–Kier alpha value is -3.08. The second kappa shape index (κ2) is 7.04. The van der Waals surface area contributed by atoms with E-state index in [1.54, 1.807) is 10.7 Å². The molecule has 136 valence electrons. The minimum atomic E-state index is -0.444. The highest BCUT2D eigenvalue weighted by atomic mass is 32.2. The molecule has 0 fully saturated rings. The van der Waals surface area contributed by atoms with E-state index < -0.39 is 4.92 Å². The number of aryl methyl sites for hydroxylation is 2. The summed E-state index contributed by atoms with van der Waals surface area (Å²) in [4.78, 5) is 10.5. The molecule has 2 N–H and O–H groups in total. The average Bonchev–Trinajstić information content (AvgIpc) is 3.13. The molecular formula is C15H17N7O3S. The van der Waals surface area contributed by atoms with Crippen molar-refractivity contribution < 1.29 is 9.66 Å². The number of nitro groups is 1. The van der Waals surface area contributed by atoms with Crippen molar-refractivity contribution in [1.82, 2.24) is 24.7 Å². The van der Waals surface area contributed by atoms with Gasteiger partial charge < -0.3 is 10.6 Å². The lowest BCUT2D eigenvalue weighted by atomic mass is 10.2. The number of ether oxygens (including phenoxy) is 1. The fraction of sp³-hybridized carbons (Fsp3) is 0.267. The second-order valence-corrected chi connectivity index (χ2v) is 6.48. The van der Waals surface area contributed by atoms with E-state index >= 15 is 0 Å². The van der Waals surface area contributed by atoms with E-state index in [0.717, 1.165) is 11.4 Å². The van der Waals surface area contributed by atoms with Crippen LogP contribution in [0.1, 0.15) is 17.0 Å². The second-order valence-electron chi connectivity index (χ2n) is 5.53. The maximum Gasteiger partial charge on any atom is 0.271 e. The van der Waals surface area contributed by atoms with Crippen LogP contribution in [0.2, 0.25) is 0 Å². The predicted molar refractivity (Wildman–Crippen MR) is 96.0 cm³/mol. The molecule has 11 heteroatoms. The van der Waals surface area contributed by atoms with Gasteiger partial charge in [0.2, 0.25) is 5.16 Å². The van der Waals surface area contributed by atoms with Gasteiger partial charge in [0.05, 0.1) is 17.7 Å². The molecule has 0 radical (unpaired) electrons. The average molecular weight is 375 g/mol. The van der Waals surface area contributed by atoms with Crippen LogP contribution in [-0.2, 0) is 5.75 Å². The minimum Gasteiger partial charge on any atom is -0.496 e. The number of thioether (sulfide) groups is 1. The van der Waals surface area contributed by atoms with Crippen LogP contribution in [0.25, 0.3) is 5.95 Å². The van der Waals surface area contributed by atoms with E-state index in [1.807, 2.05) is 19.9 Å². The number of nitrogen functional groups attached to an aromatic ring is 1. The fourth-order valence-corrected chi connectivity index (χ4v) is 3.31. The number of hydrogen-bond donors (Lipinski definition) is 1. The number of nitro benzene ring substituents is 1. The lowest BCUT2D eigenvalue weighted by molar-refractivity contribution is -0.384. The molecule has 0 saturated heterocycles. The topological polar surface area (TPSA) is 127 Å². The van der Waals surface area contributed by atoms with Crippen molar-refractivity contribution in [2.45, 2.75) is 24.8 Å². The van der Waals surface area contributed by atoms with E-state index in [-0.39, 0.29) is 5.69 Å². The van der Waals surface area contributed by atoms with Crippen molar-refractivity contribution in [2.75, 3.05) is 13.0 Å². The summed E-state index contributed by atoms with van der Waals surface area (Å²) in [5.74, 6) is 7.44. The molecule has 26 heavy (non-hydrogen) atoms. The predicted octanol–water partition coefficient (Wildman–Crippen LogP) is 2.00. The van der Waals surface area contributed by atoms with Gasteiger partial charge in [-0.25, -0.2) is 9.36 Å². The molecule has 0 aliphatic rings. The van der Waals surface area contributed by atoms with Crippen LogP contribution in [-0.4, -0.2) is 36.7 Å². The van der Waals surface area contributed by atoms with Crippen molar-refractivity contribution >= 4 is 17.4 Å². The molecule has 2 heterocycles. The maximum atomic E-state index is 11.0. The van der Waals surface area contributed by atoms with E-state index in [0.29, 0.717) is 28.2 Å². The Balaban J connectivity index is 1.84. The number of hydrogen-bond acceptors (Lipinski definition) is 8. The molecule has 0 aliphatic carbocycles. The molecule has 0 saturated carbocycles. The monoisotopic (exact) mass is 375 g/mol. The third-order valence-corrected chi connectivity index (χ3v) is 4.67. The normalized spacial score (nSPS) is 10.9. The van der Waals surface area contributed by atoms with Crippen molar-refractivity contribution in [3.8, 4) is 11.7 Å². The van der Waals surface area contributed by atoms with Crippen LogP contribution in [0.3, 0.4) is 0 Å². The first-order chi connectivity index (χ1) is 12.4. The molecule has 0 unspecified atom stereocenters. The Morgan fingerprint density at radius 3 is 2.69 bits per heavy atom. The van der Waals surface area contributed by atoms with Gasteiger partial charge in [0.15, 0.2) is 0 Å². The molecule has 1 aromatic carbocycles. The smallest absolute Gasteiger partial charge is 0.271 e. The molecule has 0 spiro atoms. The van der Waals surface area contributed by atoms with Crippen LogP contribution in [0.15, 0.2) is 29.4 Å². The standard InChI is InChI=1S/C15H17N7O3S/c1-9-6-10(2)21(19-9)14-17-18-15(20(14)16)26-8-11-7-12(22(23)24)4-5-13(11)25-3/h4-7H,8,16H2,1-3H3. The number of benzene rings is 1. The molecule has 0 bridgehead atoms. The zero-order chi connectivity index (χ0) is 18.8. The highest BCUT2D eigenvalue weighted by Crippen LogP contribution is 2.30. The number of nitrogens with two attached hydrogens (primary N) is 1. The summed E-state index contributed by atoms with van der Waals surface area (Å²) in [6.45, 7) is 3.78. The summed E-state index contributed by atoms with van der Waals surface area (Å²) in [6.07, 6.45) is 0. The van der Waals surface area contributed by atoms with Gasteiger partial charge in [-0.3, -0.25) is 10.1 Å². The fourth-order valence-electron chi connectivity index (χ4n) is 2.48. The van der Waals surface area contributed by atoms with Crippen molar-refractivity contribution in [2.24, 2.45) is 0 Å². The summed E-state index contributed by atoms with van der Waals surface area (Å²) in [5, 5.41) is 24.0. The van der Waals surface area contributed by atoms with Crippen LogP contribution in [0.4, 0.5) is 5.69 Å². The number of rotatable bonds is 6. The van der Waals surface area contributed by atoms with Crippen LogP contribution in [0.5, 0.6) is 5.75 Å². The lowest BCUT2D eigenvalue weighted by Gasteiger charge is -2.08. The maximum absolute atomic E-state index is 11.0. The first-order valence-electron chi connectivity index (χ1n) is 7.59. The molecule has 3 rings (SSSR count). The number of non-ortho nitro benzene ring substituents is 1. The van der Waals surface area contributed by atoms with E-state index in [1.165, 1.54) is 35.7 Å². The van der Waals surface area contributed by atoms with Gasteiger partial charge in [-0.05, 0) is 26.0 Å². The van der Waals surface area contributed by atoms with Gasteiger partial charge in [0.1, 0.15) is 5.75 Å². The summed E-state index contributed by atoms with van der Waals surface area (Å²) in [7, 11) is 1.52. The summed E-state index contributed by atoms with van der Waals surface area (Å²) in [6, 6.07) is 6.36. The minimum absolute atomic E-state index is 0.000976. The first-order valence-corrected chi connectivity index (χ1v) is 8.57. The van der Waals surface area contributed by atoms with Gasteiger partial charge in [-0.2, -0.15) is 5.10 Å². The Bertz CT molecular complexity index is 966. The third kappa shape index (κ3) is 3.33. The van der Waals surface area contributed by atoms with Crippen LogP contribution >= 0.6 is 11.8 Å². The Morgan fingerprint density at radius 2 is 2.08 bits per heavy atom. The molecule has 0 amide bonds. The van der Waals surface area contributed by atoms with Crippen molar-refractivity contribution in [3.63, 3.8) is 0 Å². The van der Waals surface area contributed by atoms with Crippen LogP contribution < -0.4 is 10.6 Å². The molecule has 3 aromatic rings. The first kappa shape index (κ1) is 17.7. The zero-order valence-electron chi connectivity index (χ0n) is 14.4. The van der Waals surface area contributed by atoms with E-state index in [2.05, 4.69) is 15.3 Å². The van der Waals surface area contributed by atoms with E-state index in [4.69, 9.17) is 10.6 Å². The van der Waals surface area contributed by atoms with Gasteiger partial charge >= 0.3 is 0 Å². The molecule has 0 atom stereocenters. The number of aromatic nitrogens is 5. The molecule has 10 nitrogen and oxygen atoms in total. The molecule has 2 aromatic heterocycles. The van der Waals surface area contributed by atoms with Gasteiger partial charge in [0.25, 0.3) is 11.6 Å². The molecular weight excluding hydrogens is 358 g/mol. The largest absolute Gasteiger partial charge is 0.496 e. The summed E-state index contributed by atoms with van der Waals surface area (Å²) in [5.41, 5.74) is 2.40.